The number of sulfone groups is 1. The average molecular weight is 391 g/mol. The minimum Gasteiger partial charge on any atom is -0.481 e. The highest BCUT2D eigenvalue weighted by molar-refractivity contribution is 7.89. The van der Waals surface area contributed by atoms with Crippen LogP contribution in [-0.4, -0.2) is 49.6 Å². The molecule has 0 atom stereocenters. The van der Waals surface area contributed by atoms with Gasteiger partial charge < -0.3 is 14.4 Å². The van der Waals surface area contributed by atoms with Crippen LogP contribution < -0.4 is 0 Å². The molecule has 144 valence electrons. The van der Waals surface area contributed by atoms with Gasteiger partial charge in [-0.1, -0.05) is 30.3 Å². The Balaban J connectivity index is 1.73. The van der Waals surface area contributed by atoms with Crippen molar-refractivity contribution in [3.05, 3.63) is 59.5 Å². The first kappa shape index (κ1) is 19.2. The first-order valence-corrected chi connectivity index (χ1v) is 10.6. The molecule has 1 fully saturated rings. The van der Waals surface area contributed by atoms with E-state index in [4.69, 9.17) is 4.42 Å². The highest BCUT2D eigenvalue weighted by Crippen LogP contribution is 2.36. The number of piperidine rings is 1. The second kappa shape index (κ2) is 7.19. The molecular weight excluding hydrogens is 370 g/mol. The van der Waals surface area contributed by atoms with Crippen molar-refractivity contribution in [2.45, 2.75) is 24.0 Å². The third kappa shape index (κ3) is 4.05. The van der Waals surface area contributed by atoms with Gasteiger partial charge in [0.1, 0.15) is 11.5 Å². The van der Waals surface area contributed by atoms with E-state index in [1.165, 1.54) is 12.1 Å². The normalized spacial score (nSPS) is 16.9. The van der Waals surface area contributed by atoms with Crippen LogP contribution in [0.15, 0.2) is 46.9 Å². The summed E-state index contributed by atoms with van der Waals surface area (Å²) in [4.78, 5) is 26.2. The molecule has 1 aromatic carbocycles. The number of nitrogens with zero attached hydrogens (tertiary/aromatic N) is 1. The molecule has 0 unspecified atom stereocenters. The second-order valence-corrected chi connectivity index (χ2v) is 9.02. The molecular formula is C19H21NO6S. The smallest absolute Gasteiger partial charge is 0.314 e. The fourth-order valence-electron chi connectivity index (χ4n) is 3.46. The minimum absolute atomic E-state index is 0.0659. The van der Waals surface area contributed by atoms with Crippen LogP contribution in [0.2, 0.25) is 0 Å². The Bertz CT molecular complexity index is 940. The SMILES string of the molecule is CS(=O)(=O)Cc1ccc(C(=O)N2CCC(C(=O)O)(c3ccccc3)CC2)o1. The van der Waals surface area contributed by atoms with Gasteiger partial charge in [0.15, 0.2) is 15.6 Å². The van der Waals surface area contributed by atoms with E-state index in [-0.39, 0.29) is 36.3 Å². The van der Waals surface area contributed by atoms with Crippen molar-refractivity contribution < 1.29 is 27.5 Å². The maximum absolute atomic E-state index is 12.6. The van der Waals surface area contributed by atoms with Gasteiger partial charge in [-0.3, -0.25) is 9.59 Å². The van der Waals surface area contributed by atoms with Crippen molar-refractivity contribution in [3.8, 4) is 0 Å². The monoisotopic (exact) mass is 391 g/mol. The maximum Gasteiger partial charge on any atom is 0.314 e. The van der Waals surface area contributed by atoms with E-state index in [2.05, 4.69) is 0 Å². The molecule has 0 saturated carbocycles. The molecule has 3 rings (SSSR count). The molecule has 1 aromatic heterocycles. The van der Waals surface area contributed by atoms with Gasteiger partial charge in [0, 0.05) is 19.3 Å². The van der Waals surface area contributed by atoms with Gasteiger partial charge in [0.25, 0.3) is 5.91 Å². The van der Waals surface area contributed by atoms with Crippen molar-refractivity contribution in [2.24, 2.45) is 0 Å². The molecule has 0 bridgehead atoms. The summed E-state index contributed by atoms with van der Waals surface area (Å²) in [6.45, 7) is 0.560. The molecule has 0 aliphatic carbocycles. The Morgan fingerprint density at radius 1 is 1.11 bits per heavy atom. The molecule has 0 spiro atoms. The fourth-order valence-corrected chi connectivity index (χ4v) is 4.13. The zero-order valence-electron chi connectivity index (χ0n) is 14.9. The summed E-state index contributed by atoms with van der Waals surface area (Å²) >= 11 is 0. The number of likely N-dealkylation sites (tertiary alicyclic amines) is 1. The van der Waals surface area contributed by atoms with Crippen molar-refractivity contribution in [1.29, 1.82) is 0 Å². The Morgan fingerprint density at radius 3 is 2.30 bits per heavy atom. The molecule has 1 N–H and O–H groups in total. The van der Waals surface area contributed by atoms with Crippen LogP contribution in [0, 0.1) is 0 Å². The predicted molar refractivity (Wildman–Crippen MR) is 98.1 cm³/mol. The van der Waals surface area contributed by atoms with Gasteiger partial charge in [-0.2, -0.15) is 0 Å². The average Bonchev–Trinajstić information content (AvgIpc) is 3.08. The van der Waals surface area contributed by atoms with Gasteiger partial charge in [0.05, 0.1) is 5.41 Å². The summed E-state index contributed by atoms with van der Waals surface area (Å²) in [6, 6.07) is 12.0. The van der Waals surface area contributed by atoms with Crippen LogP contribution in [0.1, 0.15) is 34.7 Å². The number of hydrogen-bond donors (Lipinski definition) is 1. The summed E-state index contributed by atoms with van der Waals surface area (Å²) < 4.78 is 28.1. The fraction of sp³-hybridized carbons (Fsp3) is 0.368. The van der Waals surface area contributed by atoms with Crippen molar-refractivity contribution in [3.63, 3.8) is 0 Å². The van der Waals surface area contributed by atoms with E-state index in [1.807, 2.05) is 18.2 Å². The molecule has 27 heavy (non-hydrogen) atoms. The number of amides is 1. The molecule has 1 amide bonds. The van der Waals surface area contributed by atoms with Crippen LogP contribution in [0.25, 0.3) is 0 Å². The third-order valence-electron chi connectivity index (χ3n) is 4.92. The first-order chi connectivity index (χ1) is 12.7. The van der Waals surface area contributed by atoms with Crippen molar-refractivity contribution >= 4 is 21.7 Å². The van der Waals surface area contributed by atoms with Crippen molar-refractivity contribution in [2.75, 3.05) is 19.3 Å². The largest absolute Gasteiger partial charge is 0.481 e. The zero-order valence-corrected chi connectivity index (χ0v) is 15.7. The lowest BCUT2D eigenvalue weighted by molar-refractivity contribution is -0.145. The van der Waals surface area contributed by atoms with Crippen LogP contribution >= 0.6 is 0 Å². The molecule has 1 aliphatic heterocycles. The lowest BCUT2D eigenvalue weighted by Crippen LogP contribution is -2.49. The predicted octanol–water partition coefficient (Wildman–Crippen LogP) is 2.08. The topological polar surface area (TPSA) is 105 Å². The molecule has 1 saturated heterocycles. The van der Waals surface area contributed by atoms with Gasteiger partial charge in [-0.15, -0.1) is 0 Å². The number of carbonyl (C=O) groups is 2. The van der Waals surface area contributed by atoms with Crippen LogP contribution in [-0.2, 0) is 25.8 Å². The van der Waals surface area contributed by atoms with Gasteiger partial charge in [0.2, 0.25) is 0 Å². The lowest BCUT2D eigenvalue weighted by atomic mass is 9.73. The van der Waals surface area contributed by atoms with Crippen LogP contribution in [0.5, 0.6) is 0 Å². The second-order valence-electron chi connectivity index (χ2n) is 6.88. The summed E-state index contributed by atoms with van der Waals surface area (Å²) in [6.07, 6.45) is 1.70. The summed E-state index contributed by atoms with van der Waals surface area (Å²) in [7, 11) is -3.25. The molecule has 0 radical (unpaired) electrons. The Labute approximate surface area is 157 Å². The minimum atomic E-state index is -3.25. The quantitative estimate of drug-likeness (QED) is 0.837. The number of rotatable bonds is 5. The Hall–Kier alpha value is -2.61. The maximum atomic E-state index is 12.6. The van der Waals surface area contributed by atoms with Crippen LogP contribution in [0.4, 0.5) is 0 Å². The number of aliphatic carboxylic acids is 1. The van der Waals surface area contributed by atoms with E-state index in [0.29, 0.717) is 12.8 Å². The van der Waals surface area contributed by atoms with Gasteiger partial charge in [-0.05, 0) is 30.5 Å². The number of benzene rings is 1. The Morgan fingerprint density at radius 2 is 1.74 bits per heavy atom. The van der Waals surface area contributed by atoms with Gasteiger partial charge in [-0.25, -0.2) is 8.42 Å². The third-order valence-corrected chi connectivity index (χ3v) is 5.73. The van der Waals surface area contributed by atoms with Gasteiger partial charge >= 0.3 is 5.97 Å². The zero-order chi connectivity index (χ0) is 19.7. The van der Waals surface area contributed by atoms with E-state index >= 15 is 0 Å². The molecule has 1 aliphatic rings. The van der Waals surface area contributed by atoms with E-state index in [1.54, 1.807) is 17.0 Å². The lowest BCUT2D eigenvalue weighted by Gasteiger charge is -2.39. The number of carbonyl (C=O) groups excluding carboxylic acids is 1. The standard InChI is InChI=1S/C19H21NO6S/c1-27(24,25)13-15-7-8-16(26-15)17(21)20-11-9-19(10-12-20,18(22)23)14-5-3-2-4-6-14/h2-8H,9-13H2,1H3,(H,22,23). The molecule has 8 heteroatoms. The molecule has 7 nitrogen and oxygen atoms in total. The van der Waals surface area contributed by atoms with Crippen molar-refractivity contribution in [1.82, 2.24) is 4.90 Å². The van der Waals surface area contributed by atoms with E-state index in [0.717, 1.165) is 11.8 Å². The Kier molecular flexibility index (Phi) is 5.10. The molecule has 2 heterocycles. The number of carboxylic acids is 1. The summed E-state index contributed by atoms with van der Waals surface area (Å²) in [5.74, 6) is -1.24. The number of furan rings is 1. The first-order valence-electron chi connectivity index (χ1n) is 8.56. The number of hydrogen-bond acceptors (Lipinski definition) is 5. The van der Waals surface area contributed by atoms with Crippen LogP contribution in [0.3, 0.4) is 0 Å². The highest BCUT2D eigenvalue weighted by atomic mass is 32.2. The van der Waals surface area contributed by atoms with E-state index in [9.17, 15) is 23.1 Å². The highest BCUT2D eigenvalue weighted by Gasteiger charge is 2.44. The summed E-state index contributed by atoms with van der Waals surface area (Å²) in [5, 5.41) is 9.82. The summed E-state index contributed by atoms with van der Waals surface area (Å²) in [5.41, 5.74) is -0.277. The van der Waals surface area contributed by atoms with E-state index < -0.39 is 21.2 Å². The molecule has 2 aromatic rings. The number of carboxylic acid groups (broad SMARTS) is 1.